The lowest BCUT2D eigenvalue weighted by Crippen LogP contribution is -2.25. The van der Waals surface area contributed by atoms with E-state index in [2.05, 4.69) is 57.3 Å². The van der Waals surface area contributed by atoms with Crippen molar-refractivity contribution in [1.29, 1.82) is 0 Å². The Bertz CT molecular complexity index is 1170. The van der Waals surface area contributed by atoms with Crippen LogP contribution in [0.1, 0.15) is 52.4 Å². The molecule has 0 aliphatic rings. The smallest absolute Gasteiger partial charge is 0.277 e. The Hall–Kier alpha value is -3.25. The molecule has 1 aromatic heterocycles. The number of amides is 1. The normalized spacial score (nSPS) is 12.1. The molecule has 0 saturated carbocycles. The van der Waals surface area contributed by atoms with E-state index in [1.165, 1.54) is 11.8 Å². The Labute approximate surface area is 212 Å². The molecule has 2 aromatic carbocycles. The Morgan fingerprint density at radius 3 is 2.40 bits per heavy atom. The van der Waals surface area contributed by atoms with Gasteiger partial charge in [0.05, 0.1) is 18.3 Å². The fourth-order valence-electron chi connectivity index (χ4n) is 4.18. The number of carbonyl (C=O) groups excluding carboxylic acids is 1. The number of carbonyl (C=O) groups is 1. The highest BCUT2D eigenvalue weighted by Crippen LogP contribution is 2.36. The summed E-state index contributed by atoms with van der Waals surface area (Å²) in [5.41, 5.74) is 4.77. The van der Waals surface area contributed by atoms with Crippen LogP contribution in [-0.2, 0) is 10.2 Å². The standard InChI is InChI=1S/C28H33ClN2O4/c1-27(2,3)18-28(4,5)20-8-10-21(11-9-20)34-17-26(32)31-30-16-22-12-14-24(35-22)19-7-13-25(33-6)23(29)15-19/h7-16H,17-18H2,1-6H3,(H,31,32). The van der Waals surface area contributed by atoms with Gasteiger partial charge in [-0.1, -0.05) is 58.4 Å². The molecule has 0 saturated heterocycles. The number of hydrazone groups is 1. The zero-order valence-corrected chi connectivity index (χ0v) is 21.9. The van der Waals surface area contributed by atoms with Crippen LogP contribution in [0, 0.1) is 5.41 Å². The minimum atomic E-state index is -0.368. The summed E-state index contributed by atoms with van der Waals surface area (Å²) in [5, 5.41) is 4.43. The zero-order valence-electron chi connectivity index (χ0n) is 21.1. The van der Waals surface area contributed by atoms with Crippen molar-refractivity contribution >= 4 is 23.7 Å². The van der Waals surface area contributed by atoms with Gasteiger partial charge in [-0.05, 0) is 65.3 Å². The number of hydrogen-bond donors (Lipinski definition) is 1. The molecular formula is C28H33ClN2O4. The monoisotopic (exact) mass is 496 g/mol. The summed E-state index contributed by atoms with van der Waals surface area (Å²) in [6.45, 7) is 11.1. The second kappa shape index (κ2) is 11.0. The van der Waals surface area contributed by atoms with Crippen LogP contribution >= 0.6 is 11.6 Å². The number of ether oxygens (including phenoxy) is 2. The number of nitrogens with one attached hydrogen (secondary N) is 1. The highest BCUT2D eigenvalue weighted by Gasteiger charge is 2.27. The van der Waals surface area contributed by atoms with E-state index in [0.29, 0.717) is 28.0 Å². The Morgan fingerprint density at radius 2 is 1.77 bits per heavy atom. The first-order valence-electron chi connectivity index (χ1n) is 11.5. The van der Waals surface area contributed by atoms with Crippen molar-refractivity contribution in [2.45, 2.75) is 46.5 Å². The van der Waals surface area contributed by atoms with Gasteiger partial charge in [0, 0.05) is 5.56 Å². The SMILES string of the molecule is COc1ccc(-c2ccc(C=NNC(=O)COc3ccc(C(C)(C)CC(C)(C)C)cc3)o2)cc1Cl. The predicted octanol–water partition coefficient (Wildman–Crippen LogP) is 6.85. The van der Waals surface area contributed by atoms with Gasteiger partial charge < -0.3 is 13.9 Å². The summed E-state index contributed by atoms with van der Waals surface area (Å²) in [5.74, 6) is 1.97. The predicted molar refractivity (Wildman–Crippen MR) is 140 cm³/mol. The number of benzene rings is 2. The van der Waals surface area contributed by atoms with E-state index in [1.54, 1.807) is 31.4 Å². The number of methoxy groups -OCH3 is 1. The van der Waals surface area contributed by atoms with Crippen LogP contribution in [0.3, 0.4) is 0 Å². The molecular weight excluding hydrogens is 464 g/mol. The first kappa shape index (κ1) is 26.4. The van der Waals surface area contributed by atoms with Crippen molar-refractivity contribution in [3.63, 3.8) is 0 Å². The molecule has 0 bridgehead atoms. The van der Waals surface area contributed by atoms with Crippen molar-refractivity contribution in [2.75, 3.05) is 13.7 Å². The fourth-order valence-corrected chi connectivity index (χ4v) is 4.43. The molecule has 6 nitrogen and oxygen atoms in total. The fraction of sp³-hybridized carbons (Fsp3) is 0.357. The van der Waals surface area contributed by atoms with Gasteiger partial charge in [0.25, 0.3) is 5.91 Å². The van der Waals surface area contributed by atoms with E-state index in [1.807, 2.05) is 18.2 Å². The number of nitrogens with zero attached hydrogens (tertiary/aromatic N) is 1. The molecule has 3 rings (SSSR count). The summed E-state index contributed by atoms with van der Waals surface area (Å²) in [7, 11) is 1.56. The number of rotatable bonds is 9. The molecule has 0 aliphatic carbocycles. The minimum absolute atomic E-state index is 0.0498. The summed E-state index contributed by atoms with van der Waals surface area (Å²) in [4.78, 5) is 12.1. The topological polar surface area (TPSA) is 73.1 Å². The molecule has 0 radical (unpaired) electrons. The quantitative estimate of drug-likeness (QED) is 0.259. The van der Waals surface area contributed by atoms with Gasteiger partial charge in [-0.15, -0.1) is 0 Å². The van der Waals surface area contributed by atoms with Gasteiger partial charge >= 0.3 is 0 Å². The molecule has 1 amide bonds. The van der Waals surface area contributed by atoms with Gasteiger partial charge in [-0.25, -0.2) is 5.43 Å². The van der Waals surface area contributed by atoms with Crippen molar-refractivity contribution in [2.24, 2.45) is 10.5 Å². The van der Waals surface area contributed by atoms with Crippen molar-refractivity contribution < 1.29 is 18.7 Å². The van der Waals surface area contributed by atoms with Gasteiger partial charge in [-0.3, -0.25) is 4.79 Å². The summed E-state index contributed by atoms with van der Waals surface area (Å²) in [6, 6.07) is 16.8. The van der Waals surface area contributed by atoms with Gasteiger partial charge in [0.1, 0.15) is 23.0 Å². The lowest BCUT2D eigenvalue weighted by atomic mass is 9.72. The number of furan rings is 1. The van der Waals surface area contributed by atoms with Crippen molar-refractivity contribution in [3.8, 4) is 22.8 Å². The summed E-state index contributed by atoms with van der Waals surface area (Å²) in [6.07, 6.45) is 2.49. The van der Waals surface area contributed by atoms with E-state index in [0.717, 1.165) is 12.0 Å². The molecule has 7 heteroatoms. The molecule has 0 aliphatic heterocycles. The van der Waals surface area contributed by atoms with E-state index in [4.69, 9.17) is 25.5 Å². The maximum atomic E-state index is 12.1. The van der Waals surface area contributed by atoms with Gasteiger partial charge in [0.15, 0.2) is 6.61 Å². The largest absolute Gasteiger partial charge is 0.495 e. The van der Waals surface area contributed by atoms with Crippen LogP contribution < -0.4 is 14.9 Å². The number of halogens is 1. The molecule has 1 N–H and O–H groups in total. The second-order valence-corrected chi connectivity index (χ2v) is 10.7. The first-order chi connectivity index (χ1) is 16.5. The number of hydrogen-bond acceptors (Lipinski definition) is 5. The summed E-state index contributed by atoms with van der Waals surface area (Å²) >= 11 is 6.18. The highest BCUT2D eigenvalue weighted by atomic mass is 35.5. The molecule has 3 aromatic rings. The molecule has 35 heavy (non-hydrogen) atoms. The van der Waals surface area contributed by atoms with Crippen LogP contribution in [0.2, 0.25) is 5.02 Å². The third-order valence-corrected chi connectivity index (χ3v) is 5.72. The third kappa shape index (κ3) is 7.62. The van der Waals surface area contributed by atoms with E-state index in [-0.39, 0.29) is 23.3 Å². The van der Waals surface area contributed by atoms with Gasteiger partial charge in [0.2, 0.25) is 0 Å². The highest BCUT2D eigenvalue weighted by molar-refractivity contribution is 6.32. The van der Waals surface area contributed by atoms with Crippen molar-refractivity contribution in [1.82, 2.24) is 5.43 Å². The average Bonchev–Trinajstić information content (AvgIpc) is 3.25. The molecule has 0 fully saturated rings. The minimum Gasteiger partial charge on any atom is -0.495 e. The van der Waals surface area contributed by atoms with Crippen LogP contribution in [0.25, 0.3) is 11.3 Å². The maximum Gasteiger partial charge on any atom is 0.277 e. The van der Waals surface area contributed by atoms with E-state index < -0.39 is 0 Å². The summed E-state index contributed by atoms with van der Waals surface area (Å²) < 4.78 is 16.5. The third-order valence-electron chi connectivity index (χ3n) is 5.42. The maximum absolute atomic E-state index is 12.1. The van der Waals surface area contributed by atoms with Crippen LogP contribution in [0.4, 0.5) is 0 Å². The van der Waals surface area contributed by atoms with E-state index >= 15 is 0 Å². The lowest BCUT2D eigenvalue weighted by molar-refractivity contribution is -0.123. The average molecular weight is 497 g/mol. The van der Waals surface area contributed by atoms with Crippen LogP contribution in [0.15, 0.2) is 64.1 Å². The lowest BCUT2D eigenvalue weighted by Gasteiger charge is -2.33. The van der Waals surface area contributed by atoms with E-state index in [9.17, 15) is 4.79 Å². The Morgan fingerprint density at radius 1 is 1.06 bits per heavy atom. The molecule has 1 heterocycles. The Kier molecular flexibility index (Phi) is 8.28. The molecule has 0 atom stereocenters. The second-order valence-electron chi connectivity index (χ2n) is 10.3. The van der Waals surface area contributed by atoms with Crippen LogP contribution in [0.5, 0.6) is 11.5 Å². The van der Waals surface area contributed by atoms with Crippen LogP contribution in [-0.4, -0.2) is 25.8 Å². The first-order valence-corrected chi connectivity index (χ1v) is 11.8. The van der Waals surface area contributed by atoms with Gasteiger partial charge in [-0.2, -0.15) is 5.10 Å². The zero-order chi connectivity index (χ0) is 25.6. The molecule has 0 unspecified atom stereocenters. The molecule has 186 valence electrons. The Balaban J connectivity index is 1.49. The van der Waals surface area contributed by atoms with Crippen molar-refractivity contribution in [3.05, 3.63) is 70.9 Å². The molecule has 0 spiro atoms.